The fourth-order valence-electron chi connectivity index (χ4n) is 2.87. The standard InChI is InChI=1S/C17H25ClN2O4S/c1-12(2)16(17(21)20-9-5-4-6-10-20)19-25(22,23)15-11-13(18)7-8-14(15)24-3/h7-8,11-12,16,19H,4-6,9-10H2,1-3H3/t16-/m1/s1. The highest BCUT2D eigenvalue weighted by molar-refractivity contribution is 7.89. The molecule has 1 aromatic rings. The van der Waals surface area contributed by atoms with Gasteiger partial charge in [0.15, 0.2) is 0 Å². The fraction of sp³-hybridized carbons (Fsp3) is 0.588. The van der Waals surface area contributed by atoms with Crippen LogP contribution in [-0.2, 0) is 14.8 Å². The lowest BCUT2D eigenvalue weighted by Crippen LogP contribution is -2.52. The summed E-state index contributed by atoms with van der Waals surface area (Å²) in [6.45, 7) is 4.99. The van der Waals surface area contributed by atoms with Crippen LogP contribution in [0.4, 0.5) is 0 Å². The summed E-state index contributed by atoms with van der Waals surface area (Å²) in [4.78, 5) is 14.5. The van der Waals surface area contributed by atoms with E-state index in [2.05, 4.69) is 4.72 Å². The van der Waals surface area contributed by atoms with Gasteiger partial charge in [-0.1, -0.05) is 25.4 Å². The molecule has 2 rings (SSSR count). The van der Waals surface area contributed by atoms with E-state index in [1.54, 1.807) is 11.0 Å². The molecule has 8 heteroatoms. The Morgan fingerprint density at radius 2 is 1.88 bits per heavy atom. The van der Waals surface area contributed by atoms with Crippen molar-refractivity contribution in [3.8, 4) is 5.75 Å². The number of amides is 1. The predicted octanol–water partition coefficient (Wildman–Crippen LogP) is 2.66. The van der Waals surface area contributed by atoms with Crippen LogP contribution in [-0.4, -0.2) is 45.5 Å². The average molecular weight is 389 g/mol. The number of rotatable bonds is 6. The maximum atomic E-state index is 12.8. The predicted molar refractivity (Wildman–Crippen MR) is 97.4 cm³/mol. The SMILES string of the molecule is COc1ccc(Cl)cc1S(=O)(=O)N[C@@H](C(=O)N1CCCCC1)C(C)C. The van der Waals surface area contributed by atoms with E-state index in [0.29, 0.717) is 13.1 Å². The van der Waals surface area contributed by atoms with Crippen LogP contribution in [0.25, 0.3) is 0 Å². The summed E-state index contributed by atoms with van der Waals surface area (Å²) in [5.41, 5.74) is 0. The minimum Gasteiger partial charge on any atom is -0.495 e. The lowest BCUT2D eigenvalue weighted by molar-refractivity contribution is -0.134. The van der Waals surface area contributed by atoms with Crippen molar-refractivity contribution in [3.63, 3.8) is 0 Å². The van der Waals surface area contributed by atoms with Crippen molar-refractivity contribution in [1.82, 2.24) is 9.62 Å². The normalized spacial score (nSPS) is 16.8. The third-order valence-electron chi connectivity index (χ3n) is 4.30. The van der Waals surface area contributed by atoms with Gasteiger partial charge in [0.1, 0.15) is 16.7 Å². The maximum Gasteiger partial charge on any atom is 0.245 e. The fourth-order valence-corrected chi connectivity index (χ4v) is 4.64. The number of benzene rings is 1. The van der Waals surface area contributed by atoms with Crippen LogP contribution in [0.5, 0.6) is 5.75 Å². The van der Waals surface area contributed by atoms with Crippen LogP contribution in [0.15, 0.2) is 23.1 Å². The number of halogens is 1. The molecule has 0 aromatic heterocycles. The van der Waals surface area contributed by atoms with Gasteiger partial charge in [0.25, 0.3) is 0 Å². The maximum absolute atomic E-state index is 12.8. The minimum atomic E-state index is -3.96. The largest absolute Gasteiger partial charge is 0.495 e. The van der Waals surface area contributed by atoms with Crippen LogP contribution in [0.1, 0.15) is 33.1 Å². The van der Waals surface area contributed by atoms with Crippen LogP contribution >= 0.6 is 11.6 Å². The zero-order valence-electron chi connectivity index (χ0n) is 14.8. The highest BCUT2D eigenvalue weighted by atomic mass is 35.5. The molecule has 0 spiro atoms. The van der Waals surface area contributed by atoms with Crippen molar-refractivity contribution in [1.29, 1.82) is 0 Å². The van der Waals surface area contributed by atoms with Gasteiger partial charge in [-0.25, -0.2) is 8.42 Å². The van der Waals surface area contributed by atoms with Crippen LogP contribution in [0, 0.1) is 5.92 Å². The van der Waals surface area contributed by atoms with Gasteiger partial charge in [0.2, 0.25) is 15.9 Å². The van der Waals surface area contributed by atoms with Crippen molar-refractivity contribution in [2.24, 2.45) is 5.92 Å². The molecule has 140 valence electrons. The molecule has 1 aliphatic rings. The molecule has 1 aromatic carbocycles. The molecule has 1 N–H and O–H groups in total. The first-order valence-electron chi connectivity index (χ1n) is 8.41. The zero-order valence-corrected chi connectivity index (χ0v) is 16.4. The summed E-state index contributed by atoms with van der Waals surface area (Å²) in [5, 5.41) is 0.282. The molecular weight excluding hydrogens is 364 g/mol. The second-order valence-electron chi connectivity index (χ2n) is 6.52. The van der Waals surface area contributed by atoms with Crippen LogP contribution in [0.3, 0.4) is 0 Å². The van der Waals surface area contributed by atoms with Crippen molar-refractivity contribution in [2.75, 3.05) is 20.2 Å². The first-order chi connectivity index (χ1) is 11.8. The summed E-state index contributed by atoms with van der Waals surface area (Å²) >= 11 is 5.94. The molecule has 1 fully saturated rings. The van der Waals surface area contributed by atoms with Gasteiger partial charge in [-0.05, 0) is 43.4 Å². The summed E-state index contributed by atoms with van der Waals surface area (Å²) in [6.07, 6.45) is 3.00. The van der Waals surface area contributed by atoms with E-state index in [1.807, 2.05) is 13.8 Å². The van der Waals surface area contributed by atoms with E-state index in [-0.39, 0.29) is 27.5 Å². The lowest BCUT2D eigenvalue weighted by Gasteiger charge is -2.32. The second kappa shape index (κ2) is 8.38. The Hall–Kier alpha value is -1.31. The van der Waals surface area contributed by atoms with Gasteiger partial charge in [0, 0.05) is 18.1 Å². The van der Waals surface area contributed by atoms with Crippen LogP contribution < -0.4 is 9.46 Å². The Balaban J connectivity index is 2.29. The third kappa shape index (κ3) is 4.86. The molecule has 1 atom stereocenters. The Morgan fingerprint density at radius 3 is 2.44 bits per heavy atom. The van der Waals surface area contributed by atoms with E-state index in [9.17, 15) is 13.2 Å². The Bertz CT molecular complexity index is 715. The molecule has 0 bridgehead atoms. The third-order valence-corrected chi connectivity index (χ3v) is 6.00. The number of nitrogens with zero attached hydrogens (tertiary/aromatic N) is 1. The van der Waals surface area contributed by atoms with E-state index in [0.717, 1.165) is 19.3 Å². The lowest BCUT2D eigenvalue weighted by atomic mass is 10.0. The molecular formula is C17H25ClN2O4S. The van der Waals surface area contributed by atoms with Gasteiger partial charge < -0.3 is 9.64 Å². The summed E-state index contributed by atoms with van der Waals surface area (Å²) in [5.74, 6) is -0.182. The molecule has 1 heterocycles. The van der Waals surface area contributed by atoms with Crippen molar-refractivity contribution >= 4 is 27.5 Å². The van der Waals surface area contributed by atoms with E-state index >= 15 is 0 Å². The quantitative estimate of drug-likeness (QED) is 0.812. The Labute approximate surface area is 154 Å². The Morgan fingerprint density at radius 1 is 1.24 bits per heavy atom. The molecule has 1 saturated heterocycles. The van der Waals surface area contributed by atoms with Gasteiger partial charge in [-0.15, -0.1) is 0 Å². The highest BCUT2D eigenvalue weighted by Crippen LogP contribution is 2.27. The van der Waals surface area contributed by atoms with Gasteiger partial charge in [-0.2, -0.15) is 4.72 Å². The number of hydrogen-bond donors (Lipinski definition) is 1. The number of methoxy groups -OCH3 is 1. The van der Waals surface area contributed by atoms with E-state index < -0.39 is 16.1 Å². The molecule has 6 nitrogen and oxygen atoms in total. The van der Waals surface area contributed by atoms with E-state index in [4.69, 9.17) is 16.3 Å². The second-order valence-corrected chi connectivity index (χ2v) is 8.64. The van der Waals surface area contributed by atoms with Gasteiger partial charge in [0.05, 0.1) is 7.11 Å². The molecule has 0 radical (unpaired) electrons. The number of piperidine rings is 1. The summed E-state index contributed by atoms with van der Waals surface area (Å²) < 4.78 is 33.4. The number of likely N-dealkylation sites (tertiary alicyclic amines) is 1. The zero-order chi connectivity index (χ0) is 18.6. The van der Waals surface area contributed by atoms with Gasteiger partial charge >= 0.3 is 0 Å². The van der Waals surface area contributed by atoms with E-state index in [1.165, 1.54) is 19.2 Å². The van der Waals surface area contributed by atoms with Crippen molar-refractivity contribution < 1.29 is 17.9 Å². The van der Waals surface area contributed by atoms with Crippen molar-refractivity contribution in [2.45, 2.75) is 44.0 Å². The summed E-state index contributed by atoms with van der Waals surface area (Å²) in [7, 11) is -2.57. The number of hydrogen-bond acceptors (Lipinski definition) is 4. The molecule has 1 amide bonds. The Kier molecular flexibility index (Phi) is 6.71. The molecule has 0 saturated carbocycles. The smallest absolute Gasteiger partial charge is 0.245 e. The monoisotopic (exact) mass is 388 g/mol. The van der Waals surface area contributed by atoms with Gasteiger partial charge in [-0.3, -0.25) is 4.79 Å². The number of carbonyl (C=O) groups excluding carboxylic acids is 1. The number of sulfonamides is 1. The first kappa shape index (κ1) is 20.0. The average Bonchev–Trinajstić information content (AvgIpc) is 2.59. The first-order valence-corrected chi connectivity index (χ1v) is 10.3. The molecule has 0 unspecified atom stereocenters. The molecule has 1 aliphatic heterocycles. The summed E-state index contributed by atoms with van der Waals surface area (Å²) in [6, 6.07) is 3.55. The molecule has 0 aliphatic carbocycles. The number of ether oxygens (including phenoxy) is 1. The number of carbonyl (C=O) groups is 1. The topological polar surface area (TPSA) is 75.7 Å². The van der Waals surface area contributed by atoms with Crippen molar-refractivity contribution in [3.05, 3.63) is 23.2 Å². The van der Waals surface area contributed by atoms with Crippen LogP contribution in [0.2, 0.25) is 5.02 Å². The number of nitrogens with one attached hydrogen (secondary N) is 1. The minimum absolute atomic E-state index is 0.0698. The highest BCUT2D eigenvalue weighted by Gasteiger charge is 2.33. The molecule has 25 heavy (non-hydrogen) atoms.